The number of fused-ring (bicyclic) bond motifs is 1. The smallest absolute Gasteiger partial charge is 0.223 e. The Morgan fingerprint density at radius 2 is 2.05 bits per heavy atom. The lowest BCUT2D eigenvalue weighted by molar-refractivity contribution is -0.123. The van der Waals surface area contributed by atoms with Crippen LogP contribution < -0.4 is 5.32 Å². The molecule has 0 saturated heterocycles. The summed E-state index contributed by atoms with van der Waals surface area (Å²) in [5.74, 6) is 0.909. The first-order valence-electron chi connectivity index (χ1n) is 7.17. The average Bonchev–Trinajstić information content (AvgIpc) is 3.20. The molecule has 20 heavy (non-hydrogen) atoms. The van der Waals surface area contributed by atoms with Crippen LogP contribution in [0.25, 0.3) is 0 Å². The highest BCUT2D eigenvalue weighted by Crippen LogP contribution is 2.55. The summed E-state index contributed by atoms with van der Waals surface area (Å²) in [4.78, 5) is 12.1. The molecule has 2 aliphatic rings. The molecule has 1 aromatic rings. The van der Waals surface area contributed by atoms with Crippen LogP contribution in [-0.4, -0.2) is 5.91 Å². The van der Waals surface area contributed by atoms with Gasteiger partial charge in [0, 0.05) is 18.0 Å². The van der Waals surface area contributed by atoms with Crippen LogP contribution in [0, 0.1) is 34.9 Å². The van der Waals surface area contributed by atoms with Gasteiger partial charge >= 0.3 is 0 Å². The van der Waals surface area contributed by atoms with E-state index in [1.807, 2.05) is 6.07 Å². The SMILES string of the molecule is N#Cc1ccc(CNC(=O)C2C3CCCCC32)c(F)c1. The molecule has 4 heteroatoms. The minimum absolute atomic E-state index is 0.0608. The summed E-state index contributed by atoms with van der Waals surface area (Å²) < 4.78 is 13.7. The van der Waals surface area contributed by atoms with E-state index in [1.165, 1.54) is 18.9 Å². The summed E-state index contributed by atoms with van der Waals surface area (Å²) in [6.07, 6.45) is 4.78. The van der Waals surface area contributed by atoms with Crippen LogP contribution in [0.5, 0.6) is 0 Å². The molecule has 0 heterocycles. The number of amides is 1. The number of hydrogen-bond acceptors (Lipinski definition) is 2. The second-order valence-electron chi connectivity index (χ2n) is 5.77. The minimum atomic E-state index is -0.433. The second kappa shape index (κ2) is 5.24. The maximum Gasteiger partial charge on any atom is 0.223 e. The maximum atomic E-state index is 13.7. The largest absolute Gasteiger partial charge is 0.352 e. The first kappa shape index (κ1) is 13.1. The average molecular weight is 272 g/mol. The van der Waals surface area contributed by atoms with Crippen molar-refractivity contribution in [1.82, 2.24) is 5.32 Å². The molecular weight excluding hydrogens is 255 g/mol. The van der Waals surface area contributed by atoms with Crippen molar-refractivity contribution in [2.75, 3.05) is 0 Å². The fourth-order valence-corrected chi connectivity index (χ4v) is 3.44. The Hall–Kier alpha value is -1.89. The highest BCUT2D eigenvalue weighted by Gasteiger charge is 2.54. The first-order chi connectivity index (χ1) is 9.70. The van der Waals surface area contributed by atoms with Crippen molar-refractivity contribution >= 4 is 5.91 Å². The summed E-state index contributed by atoms with van der Waals surface area (Å²) in [6.45, 7) is 0.201. The van der Waals surface area contributed by atoms with Gasteiger partial charge in [0.25, 0.3) is 0 Å². The number of halogens is 1. The molecule has 2 atom stereocenters. The van der Waals surface area contributed by atoms with E-state index in [4.69, 9.17) is 5.26 Å². The lowest BCUT2D eigenvalue weighted by Crippen LogP contribution is -2.26. The van der Waals surface area contributed by atoms with Crippen molar-refractivity contribution in [3.63, 3.8) is 0 Å². The van der Waals surface area contributed by atoms with E-state index in [-0.39, 0.29) is 18.4 Å². The molecule has 3 rings (SSSR count). The van der Waals surface area contributed by atoms with E-state index in [0.717, 1.165) is 12.8 Å². The molecule has 1 amide bonds. The van der Waals surface area contributed by atoms with Crippen LogP contribution in [0.2, 0.25) is 0 Å². The number of nitrogens with one attached hydrogen (secondary N) is 1. The molecule has 1 N–H and O–H groups in total. The zero-order valence-electron chi connectivity index (χ0n) is 11.2. The highest BCUT2D eigenvalue weighted by atomic mass is 19.1. The van der Waals surface area contributed by atoms with E-state index in [0.29, 0.717) is 23.0 Å². The minimum Gasteiger partial charge on any atom is -0.352 e. The third-order valence-electron chi connectivity index (χ3n) is 4.59. The van der Waals surface area contributed by atoms with E-state index in [9.17, 15) is 9.18 Å². The normalized spacial score (nSPS) is 27.3. The molecule has 2 unspecified atom stereocenters. The number of carbonyl (C=O) groups is 1. The van der Waals surface area contributed by atoms with Gasteiger partial charge in [-0.1, -0.05) is 18.9 Å². The van der Waals surface area contributed by atoms with Gasteiger partial charge in [-0.25, -0.2) is 4.39 Å². The summed E-state index contributed by atoms with van der Waals surface area (Å²) in [5, 5.41) is 11.5. The summed E-state index contributed by atoms with van der Waals surface area (Å²) in [6, 6.07) is 6.24. The second-order valence-corrected chi connectivity index (χ2v) is 5.77. The lowest BCUT2D eigenvalue weighted by atomic mass is 10.0. The van der Waals surface area contributed by atoms with E-state index in [1.54, 1.807) is 12.1 Å². The molecule has 3 nitrogen and oxygen atoms in total. The van der Waals surface area contributed by atoms with Crippen LogP contribution >= 0.6 is 0 Å². The molecule has 2 saturated carbocycles. The molecule has 0 radical (unpaired) electrons. The standard InChI is InChI=1S/C16H17FN2O/c17-14-7-10(8-18)5-6-11(14)9-19-16(20)15-12-3-1-2-4-13(12)15/h5-7,12-13,15H,1-4,9H2,(H,19,20). The van der Waals surface area contributed by atoms with Crippen LogP contribution in [-0.2, 0) is 11.3 Å². The molecule has 2 fully saturated rings. The fourth-order valence-electron chi connectivity index (χ4n) is 3.44. The maximum absolute atomic E-state index is 13.7. The highest BCUT2D eigenvalue weighted by molar-refractivity contribution is 5.82. The molecule has 2 aliphatic carbocycles. The zero-order valence-corrected chi connectivity index (χ0v) is 11.2. The molecule has 0 spiro atoms. The van der Waals surface area contributed by atoms with Gasteiger partial charge in [-0.15, -0.1) is 0 Å². The van der Waals surface area contributed by atoms with E-state index < -0.39 is 5.82 Å². The Morgan fingerprint density at radius 3 is 2.65 bits per heavy atom. The van der Waals surface area contributed by atoms with Crippen LogP contribution in [0.3, 0.4) is 0 Å². The van der Waals surface area contributed by atoms with Gasteiger partial charge in [0.05, 0.1) is 11.6 Å². The number of nitrogens with zero attached hydrogens (tertiary/aromatic N) is 1. The van der Waals surface area contributed by atoms with Crippen molar-refractivity contribution in [2.24, 2.45) is 17.8 Å². The Balaban J connectivity index is 1.57. The van der Waals surface area contributed by atoms with Gasteiger partial charge < -0.3 is 5.32 Å². The van der Waals surface area contributed by atoms with Crippen molar-refractivity contribution < 1.29 is 9.18 Å². The lowest BCUT2D eigenvalue weighted by Gasteiger charge is -2.06. The third kappa shape index (κ3) is 2.40. The Morgan fingerprint density at radius 1 is 1.35 bits per heavy atom. The summed E-state index contributed by atoms with van der Waals surface area (Å²) in [5.41, 5.74) is 0.728. The zero-order chi connectivity index (χ0) is 14.1. The number of nitriles is 1. The third-order valence-corrected chi connectivity index (χ3v) is 4.59. The number of benzene rings is 1. The van der Waals surface area contributed by atoms with E-state index in [2.05, 4.69) is 5.32 Å². The molecule has 0 bridgehead atoms. The number of hydrogen-bond donors (Lipinski definition) is 1. The van der Waals surface area contributed by atoms with Crippen molar-refractivity contribution in [3.05, 3.63) is 35.1 Å². The molecule has 1 aromatic carbocycles. The van der Waals surface area contributed by atoms with E-state index >= 15 is 0 Å². The van der Waals surface area contributed by atoms with Crippen LogP contribution in [0.15, 0.2) is 18.2 Å². The van der Waals surface area contributed by atoms with Gasteiger partial charge in [0.1, 0.15) is 5.82 Å². The molecular formula is C16H17FN2O. The summed E-state index contributed by atoms with van der Waals surface area (Å²) >= 11 is 0. The molecule has 104 valence electrons. The quantitative estimate of drug-likeness (QED) is 0.919. The topological polar surface area (TPSA) is 52.9 Å². The van der Waals surface area contributed by atoms with Gasteiger partial charge in [0.2, 0.25) is 5.91 Å². The monoisotopic (exact) mass is 272 g/mol. The van der Waals surface area contributed by atoms with Gasteiger partial charge in [-0.3, -0.25) is 4.79 Å². The molecule has 0 aromatic heterocycles. The summed E-state index contributed by atoms with van der Waals surface area (Å²) in [7, 11) is 0. The number of carbonyl (C=O) groups excluding carboxylic acids is 1. The van der Waals surface area contributed by atoms with Crippen molar-refractivity contribution in [2.45, 2.75) is 32.2 Å². The Labute approximate surface area is 117 Å². The van der Waals surface area contributed by atoms with Crippen molar-refractivity contribution in [3.8, 4) is 6.07 Å². The predicted octanol–water partition coefficient (Wildman–Crippen LogP) is 2.75. The fraction of sp³-hybridized carbons (Fsp3) is 0.500. The Bertz CT molecular complexity index is 566. The van der Waals surface area contributed by atoms with Crippen LogP contribution in [0.4, 0.5) is 4.39 Å². The van der Waals surface area contributed by atoms with Crippen molar-refractivity contribution in [1.29, 1.82) is 5.26 Å². The van der Waals surface area contributed by atoms with Gasteiger partial charge in [-0.2, -0.15) is 5.26 Å². The number of rotatable bonds is 3. The molecule has 0 aliphatic heterocycles. The van der Waals surface area contributed by atoms with Crippen LogP contribution in [0.1, 0.15) is 36.8 Å². The Kier molecular flexibility index (Phi) is 3.43. The van der Waals surface area contributed by atoms with Gasteiger partial charge in [-0.05, 0) is 36.8 Å². The van der Waals surface area contributed by atoms with Gasteiger partial charge in [0.15, 0.2) is 0 Å². The first-order valence-corrected chi connectivity index (χ1v) is 7.17. The predicted molar refractivity (Wildman–Crippen MR) is 71.9 cm³/mol.